The largest absolute Gasteiger partial charge is 0.345 e. The van der Waals surface area contributed by atoms with Crippen molar-refractivity contribution in [1.29, 1.82) is 0 Å². The summed E-state index contributed by atoms with van der Waals surface area (Å²) in [6.07, 6.45) is 5.70. The molecule has 0 radical (unpaired) electrons. The molecular formula is C21H43N5O3. The Hall–Kier alpha value is -1.51. The third-order valence-corrected chi connectivity index (χ3v) is 4.63. The number of carbonyl (C=O) groups is 3. The van der Waals surface area contributed by atoms with Crippen molar-refractivity contribution in [1.82, 2.24) is 16.0 Å². The number of nitrogens with one attached hydrogen (secondary N) is 3. The maximum atomic E-state index is 12.7. The molecule has 0 saturated carbocycles. The van der Waals surface area contributed by atoms with E-state index in [0.717, 1.165) is 38.5 Å². The smallest absolute Gasteiger partial charge is 0.243 e. The van der Waals surface area contributed by atoms with Gasteiger partial charge in [0.15, 0.2) is 0 Å². The van der Waals surface area contributed by atoms with Gasteiger partial charge >= 0.3 is 0 Å². The van der Waals surface area contributed by atoms with Crippen LogP contribution in [0, 0.1) is 5.92 Å². The van der Waals surface area contributed by atoms with Crippen LogP contribution < -0.4 is 27.4 Å². The Morgan fingerprint density at radius 2 is 1.59 bits per heavy atom. The molecule has 0 saturated heterocycles. The number of hydrogen-bond donors (Lipinski definition) is 5. The molecule has 0 aliphatic heterocycles. The van der Waals surface area contributed by atoms with E-state index in [9.17, 15) is 14.4 Å². The van der Waals surface area contributed by atoms with Gasteiger partial charge in [0.2, 0.25) is 11.8 Å². The zero-order valence-electron chi connectivity index (χ0n) is 18.7. The standard InChI is InChI=1S/C21H43N5O3/c1-15(2)13-19(26-20(28)18(23)10-5-7-11-22)21(29)25-17(14-27)9-6-8-12-24-16(3)4/h14-19,24H,5-13,22-23H2,1-4H3,(H,25,29)(H,26,28)/t17-,18-,19-/m0/s1. The lowest BCUT2D eigenvalue weighted by Crippen LogP contribution is -2.53. The molecule has 0 spiro atoms. The summed E-state index contributed by atoms with van der Waals surface area (Å²) in [6.45, 7) is 9.57. The maximum Gasteiger partial charge on any atom is 0.243 e. The first-order valence-corrected chi connectivity index (χ1v) is 11.0. The summed E-state index contributed by atoms with van der Waals surface area (Å²) in [5, 5.41) is 8.86. The Morgan fingerprint density at radius 1 is 0.931 bits per heavy atom. The molecular weight excluding hydrogens is 370 g/mol. The topological polar surface area (TPSA) is 139 Å². The molecule has 7 N–H and O–H groups in total. The summed E-state index contributed by atoms with van der Waals surface area (Å²) in [5.41, 5.74) is 11.4. The van der Waals surface area contributed by atoms with Crippen molar-refractivity contribution >= 4 is 18.1 Å². The third kappa shape index (κ3) is 14.2. The van der Waals surface area contributed by atoms with Crippen LogP contribution >= 0.6 is 0 Å². The van der Waals surface area contributed by atoms with Crippen molar-refractivity contribution in [3.8, 4) is 0 Å². The minimum atomic E-state index is -0.701. The third-order valence-electron chi connectivity index (χ3n) is 4.63. The molecule has 8 heteroatoms. The molecule has 3 atom stereocenters. The van der Waals surface area contributed by atoms with Gasteiger partial charge in [-0.15, -0.1) is 0 Å². The van der Waals surface area contributed by atoms with Crippen molar-refractivity contribution in [2.24, 2.45) is 17.4 Å². The van der Waals surface area contributed by atoms with E-state index in [0.29, 0.717) is 31.8 Å². The van der Waals surface area contributed by atoms with Crippen LogP contribution in [0.3, 0.4) is 0 Å². The molecule has 0 aliphatic rings. The van der Waals surface area contributed by atoms with Gasteiger partial charge < -0.3 is 32.2 Å². The molecule has 0 aromatic carbocycles. The number of unbranched alkanes of at least 4 members (excludes halogenated alkanes) is 2. The van der Waals surface area contributed by atoms with Gasteiger partial charge in [0.05, 0.1) is 12.1 Å². The van der Waals surface area contributed by atoms with Crippen molar-refractivity contribution in [3.05, 3.63) is 0 Å². The molecule has 0 aliphatic carbocycles. The normalized spacial score (nSPS) is 14.5. The van der Waals surface area contributed by atoms with Crippen LogP contribution in [0.15, 0.2) is 0 Å². The van der Waals surface area contributed by atoms with E-state index in [-0.39, 0.29) is 17.7 Å². The van der Waals surface area contributed by atoms with E-state index in [1.807, 2.05) is 13.8 Å². The highest BCUT2D eigenvalue weighted by Crippen LogP contribution is 2.08. The molecule has 0 aromatic heterocycles. The fourth-order valence-corrected chi connectivity index (χ4v) is 2.96. The van der Waals surface area contributed by atoms with Gasteiger partial charge in [-0.2, -0.15) is 0 Å². The number of amides is 2. The molecule has 170 valence electrons. The number of hydrogen-bond acceptors (Lipinski definition) is 6. The zero-order valence-corrected chi connectivity index (χ0v) is 18.7. The second-order valence-electron chi connectivity index (χ2n) is 8.44. The van der Waals surface area contributed by atoms with Crippen LogP contribution in [0.1, 0.15) is 72.6 Å². The van der Waals surface area contributed by atoms with Crippen molar-refractivity contribution < 1.29 is 14.4 Å². The summed E-state index contributed by atoms with van der Waals surface area (Å²) in [5.74, 6) is -0.472. The van der Waals surface area contributed by atoms with Crippen molar-refractivity contribution in [2.45, 2.75) is 96.8 Å². The van der Waals surface area contributed by atoms with Gasteiger partial charge in [0.25, 0.3) is 0 Å². The summed E-state index contributed by atoms with van der Waals surface area (Å²) in [7, 11) is 0. The van der Waals surface area contributed by atoms with E-state index in [1.165, 1.54) is 0 Å². The van der Waals surface area contributed by atoms with Gasteiger partial charge in [0, 0.05) is 6.04 Å². The Balaban J connectivity index is 4.63. The predicted molar refractivity (Wildman–Crippen MR) is 117 cm³/mol. The van der Waals surface area contributed by atoms with Crippen LogP contribution in [-0.4, -0.2) is 55.4 Å². The molecule has 0 fully saturated rings. The predicted octanol–water partition coefficient (Wildman–Crippen LogP) is 0.826. The molecule has 8 nitrogen and oxygen atoms in total. The highest BCUT2D eigenvalue weighted by Gasteiger charge is 2.26. The van der Waals surface area contributed by atoms with Crippen LogP contribution in [0.2, 0.25) is 0 Å². The maximum absolute atomic E-state index is 12.7. The highest BCUT2D eigenvalue weighted by molar-refractivity contribution is 5.90. The quantitative estimate of drug-likeness (QED) is 0.177. The molecule has 0 heterocycles. The SMILES string of the molecule is CC(C)C[C@H](NC(=O)[C@@H](N)CCCCN)C(=O)N[C@H](C=O)CCCCNC(C)C. The van der Waals surface area contributed by atoms with E-state index < -0.39 is 18.1 Å². The second kappa shape index (κ2) is 16.3. The minimum Gasteiger partial charge on any atom is -0.345 e. The lowest BCUT2D eigenvalue weighted by Gasteiger charge is -2.24. The summed E-state index contributed by atoms with van der Waals surface area (Å²) >= 11 is 0. The average Bonchev–Trinajstić information content (AvgIpc) is 2.65. The minimum absolute atomic E-state index is 0.205. The second-order valence-corrected chi connectivity index (χ2v) is 8.44. The van der Waals surface area contributed by atoms with E-state index >= 15 is 0 Å². The first kappa shape index (κ1) is 27.5. The molecule has 0 rings (SSSR count). The lowest BCUT2D eigenvalue weighted by atomic mass is 10.0. The molecule has 29 heavy (non-hydrogen) atoms. The van der Waals surface area contributed by atoms with Crippen molar-refractivity contribution in [3.63, 3.8) is 0 Å². The fourth-order valence-electron chi connectivity index (χ4n) is 2.96. The molecule has 0 aromatic rings. The van der Waals surface area contributed by atoms with Gasteiger partial charge in [-0.3, -0.25) is 9.59 Å². The molecule has 0 unspecified atom stereocenters. The Kier molecular flexibility index (Phi) is 15.5. The zero-order chi connectivity index (χ0) is 22.2. The van der Waals surface area contributed by atoms with E-state index in [4.69, 9.17) is 11.5 Å². The lowest BCUT2D eigenvalue weighted by molar-refractivity contribution is -0.131. The van der Waals surface area contributed by atoms with Crippen LogP contribution in [-0.2, 0) is 14.4 Å². The Morgan fingerprint density at radius 3 is 2.14 bits per heavy atom. The van der Waals surface area contributed by atoms with Crippen molar-refractivity contribution in [2.75, 3.05) is 13.1 Å². The van der Waals surface area contributed by atoms with E-state index in [2.05, 4.69) is 29.8 Å². The van der Waals surface area contributed by atoms with Gasteiger partial charge in [0.1, 0.15) is 12.3 Å². The van der Waals surface area contributed by atoms with Crippen LogP contribution in [0.5, 0.6) is 0 Å². The van der Waals surface area contributed by atoms with E-state index in [1.54, 1.807) is 0 Å². The molecule has 2 amide bonds. The van der Waals surface area contributed by atoms with Gasteiger partial charge in [-0.1, -0.05) is 34.1 Å². The fraction of sp³-hybridized carbons (Fsp3) is 0.857. The monoisotopic (exact) mass is 413 g/mol. The molecule has 0 bridgehead atoms. The highest BCUT2D eigenvalue weighted by atomic mass is 16.2. The van der Waals surface area contributed by atoms with Crippen LogP contribution in [0.4, 0.5) is 0 Å². The number of carbonyl (C=O) groups excluding carboxylic acids is 3. The first-order chi connectivity index (χ1) is 13.7. The summed E-state index contributed by atoms with van der Waals surface area (Å²) < 4.78 is 0. The average molecular weight is 414 g/mol. The van der Waals surface area contributed by atoms with Gasteiger partial charge in [-0.05, 0) is 57.5 Å². The number of aldehydes is 1. The Bertz CT molecular complexity index is 471. The first-order valence-electron chi connectivity index (χ1n) is 11.0. The van der Waals surface area contributed by atoms with Crippen LogP contribution in [0.25, 0.3) is 0 Å². The van der Waals surface area contributed by atoms with Gasteiger partial charge in [-0.25, -0.2) is 0 Å². The summed E-state index contributed by atoms with van der Waals surface area (Å²) in [6, 6.07) is -1.49. The Labute approximate surface area is 176 Å². The number of nitrogens with two attached hydrogens (primary N) is 2. The number of rotatable bonds is 17. The summed E-state index contributed by atoms with van der Waals surface area (Å²) in [4.78, 5) is 36.4.